The van der Waals surface area contributed by atoms with E-state index in [4.69, 9.17) is 0 Å². The minimum Gasteiger partial charge on any atom is -0.310 e. The Morgan fingerprint density at radius 1 is 0.761 bits per heavy atom. The molecule has 1 nitrogen and oxygen atoms in total. The van der Waals surface area contributed by atoms with Crippen molar-refractivity contribution in [3.63, 3.8) is 0 Å². The number of fused-ring (bicyclic) bond motifs is 4. The Bertz CT molecular complexity index is 2000. The van der Waals surface area contributed by atoms with Gasteiger partial charge < -0.3 is 4.90 Å². The fourth-order valence-corrected chi connectivity index (χ4v) is 7.06. The van der Waals surface area contributed by atoms with Crippen molar-refractivity contribution in [3.05, 3.63) is 167 Å². The molecule has 0 unspecified atom stereocenters. The van der Waals surface area contributed by atoms with Gasteiger partial charge in [0.25, 0.3) is 0 Å². The third-order valence-corrected chi connectivity index (χ3v) is 9.18. The van der Waals surface area contributed by atoms with E-state index >= 15 is 0 Å². The summed E-state index contributed by atoms with van der Waals surface area (Å²) in [6, 6.07) is 36.2. The van der Waals surface area contributed by atoms with E-state index in [1.54, 1.807) is 0 Å². The molecule has 230 valence electrons. The molecule has 1 aliphatic rings. The zero-order valence-electron chi connectivity index (χ0n) is 28.2. The maximum absolute atomic E-state index is 4.24. The average Bonchev–Trinajstić information content (AvgIpc) is 3.25. The zero-order chi connectivity index (χ0) is 32.4. The van der Waals surface area contributed by atoms with E-state index in [1.165, 1.54) is 77.9 Å². The van der Waals surface area contributed by atoms with Gasteiger partial charge in [-0.3, -0.25) is 0 Å². The lowest BCUT2D eigenvalue weighted by Gasteiger charge is -2.29. The van der Waals surface area contributed by atoms with E-state index in [1.807, 2.05) is 0 Å². The van der Waals surface area contributed by atoms with Gasteiger partial charge in [-0.05, 0) is 107 Å². The molecule has 1 aliphatic carbocycles. The predicted octanol–water partition coefficient (Wildman–Crippen LogP) is 13.1. The van der Waals surface area contributed by atoms with Gasteiger partial charge in [0.05, 0.1) is 5.69 Å². The third kappa shape index (κ3) is 6.03. The summed E-state index contributed by atoms with van der Waals surface area (Å²) in [5, 5.41) is 2.49. The zero-order valence-corrected chi connectivity index (χ0v) is 28.2. The largest absolute Gasteiger partial charge is 0.310 e. The van der Waals surface area contributed by atoms with E-state index in [-0.39, 0.29) is 5.41 Å². The molecule has 1 heteroatoms. The number of allylic oxidation sites excluding steroid dienone is 6. The lowest BCUT2D eigenvalue weighted by Crippen LogP contribution is -2.17. The van der Waals surface area contributed by atoms with Crippen LogP contribution in [0.5, 0.6) is 0 Å². The summed E-state index contributed by atoms with van der Waals surface area (Å²) in [6.45, 7) is 17.6. The summed E-state index contributed by atoms with van der Waals surface area (Å²) in [4.78, 5) is 2.44. The molecule has 0 atom stereocenters. The van der Waals surface area contributed by atoms with E-state index in [9.17, 15) is 0 Å². The van der Waals surface area contributed by atoms with Crippen molar-refractivity contribution in [2.24, 2.45) is 0 Å². The highest BCUT2D eigenvalue weighted by Gasteiger charge is 2.36. The van der Waals surface area contributed by atoms with Crippen molar-refractivity contribution in [2.75, 3.05) is 4.90 Å². The van der Waals surface area contributed by atoms with Gasteiger partial charge in [0.1, 0.15) is 0 Å². The van der Waals surface area contributed by atoms with Crippen molar-refractivity contribution >= 4 is 33.9 Å². The first kappa shape index (κ1) is 31.1. The fourth-order valence-electron chi connectivity index (χ4n) is 7.06. The summed E-state index contributed by atoms with van der Waals surface area (Å²) in [7, 11) is 0. The van der Waals surface area contributed by atoms with Gasteiger partial charge in [-0.1, -0.05) is 136 Å². The number of rotatable bonds is 9. The van der Waals surface area contributed by atoms with E-state index < -0.39 is 0 Å². The summed E-state index contributed by atoms with van der Waals surface area (Å²) in [5.41, 5.74) is 14.9. The summed E-state index contributed by atoms with van der Waals surface area (Å²) >= 11 is 0. The van der Waals surface area contributed by atoms with Crippen LogP contribution >= 0.6 is 0 Å². The lowest BCUT2D eigenvalue weighted by atomic mass is 9.81. The second-order valence-electron chi connectivity index (χ2n) is 13.2. The molecule has 0 saturated carbocycles. The Balaban J connectivity index is 1.43. The average molecular weight is 600 g/mol. The molecule has 46 heavy (non-hydrogen) atoms. The molecule has 6 rings (SSSR count). The van der Waals surface area contributed by atoms with Gasteiger partial charge in [-0.15, -0.1) is 0 Å². The minimum absolute atomic E-state index is 0.144. The van der Waals surface area contributed by atoms with Crippen molar-refractivity contribution in [2.45, 2.75) is 59.8 Å². The highest BCUT2D eigenvalue weighted by molar-refractivity contribution is 5.99. The van der Waals surface area contributed by atoms with Crippen molar-refractivity contribution in [1.82, 2.24) is 0 Å². The van der Waals surface area contributed by atoms with Crippen molar-refractivity contribution < 1.29 is 0 Å². The van der Waals surface area contributed by atoms with Crippen LogP contribution in [-0.4, -0.2) is 0 Å². The van der Waals surface area contributed by atoms with E-state index in [0.29, 0.717) is 0 Å². The number of nitrogens with zero attached hydrogens (tertiary/aromatic N) is 1. The van der Waals surface area contributed by atoms with Crippen LogP contribution in [0, 0.1) is 13.8 Å². The number of hydrogen-bond acceptors (Lipinski definition) is 1. The van der Waals surface area contributed by atoms with Gasteiger partial charge in [0.2, 0.25) is 0 Å². The molecule has 0 aromatic heterocycles. The molecule has 0 aliphatic heterocycles. The number of aryl methyl sites for hydroxylation is 2. The SMILES string of the molecule is C=C(C=C(C=CC)C=Cc1ccc2c(c1)C(C)(C)c1cc(N(c3cc(C)cc(C)c3)c3cccc4ccccc34)ccc1-2)CCC. The maximum atomic E-state index is 4.24. The van der Waals surface area contributed by atoms with Gasteiger partial charge in [0.15, 0.2) is 0 Å². The smallest absolute Gasteiger partial charge is 0.0540 e. The molecule has 5 aromatic rings. The van der Waals surface area contributed by atoms with Crippen LogP contribution in [0.15, 0.2) is 139 Å². The lowest BCUT2D eigenvalue weighted by molar-refractivity contribution is 0.660. The topological polar surface area (TPSA) is 3.24 Å². The fraction of sp³-hybridized carbons (Fsp3) is 0.200. The second-order valence-corrected chi connectivity index (χ2v) is 13.2. The Labute approximate surface area is 275 Å². The van der Waals surface area contributed by atoms with E-state index in [2.05, 4.69) is 180 Å². The number of hydrogen-bond donors (Lipinski definition) is 0. The van der Waals surface area contributed by atoms with Gasteiger partial charge >= 0.3 is 0 Å². The third-order valence-electron chi connectivity index (χ3n) is 9.18. The van der Waals surface area contributed by atoms with Crippen molar-refractivity contribution in [3.8, 4) is 11.1 Å². The standard InChI is InChI=1S/C45H45N/c1-8-13-31(3)26-34(14-9-2)19-20-35-21-23-40-41-24-22-37(30-43(41)45(6,7)42(40)29-35)46(38-27-32(4)25-33(5)28-38)44-18-12-16-36-15-10-11-17-39(36)44/h9-12,14-30H,3,8,13H2,1-2,4-7H3. The van der Waals surface area contributed by atoms with Crippen molar-refractivity contribution in [1.29, 1.82) is 0 Å². The summed E-state index contributed by atoms with van der Waals surface area (Å²) in [6.07, 6.45) is 13.0. The van der Waals surface area contributed by atoms with Crippen LogP contribution in [0.25, 0.3) is 28.0 Å². The van der Waals surface area contributed by atoms with Gasteiger partial charge in [-0.25, -0.2) is 0 Å². The van der Waals surface area contributed by atoms with Crippen LogP contribution in [0.4, 0.5) is 17.1 Å². The normalized spacial score (nSPS) is 13.8. The Hall–Kier alpha value is -4.88. The first-order valence-electron chi connectivity index (χ1n) is 16.6. The van der Waals surface area contributed by atoms with Crippen LogP contribution in [0.3, 0.4) is 0 Å². The molecule has 0 spiro atoms. The van der Waals surface area contributed by atoms with Crippen LogP contribution < -0.4 is 4.90 Å². The van der Waals surface area contributed by atoms with Gasteiger partial charge in [0, 0.05) is 22.2 Å². The summed E-state index contributed by atoms with van der Waals surface area (Å²) < 4.78 is 0. The highest BCUT2D eigenvalue weighted by atomic mass is 15.1. The molecule has 0 heterocycles. The maximum Gasteiger partial charge on any atom is 0.0540 e. The molecule has 0 amide bonds. The molecular weight excluding hydrogens is 555 g/mol. The monoisotopic (exact) mass is 599 g/mol. The molecule has 0 fully saturated rings. The first-order chi connectivity index (χ1) is 22.2. The molecular formula is C45H45N. The Kier molecular flexibility index (Phi) is 8.69. The minimum atomic E-state index is -0.144. The van der Waals surface area contributed by atoms with Gasteiger partial charge in [-0.2, -0.15) is 0 Å². The number of anilines is 3. The van der Waals surface area contributed by atoms with Crippen LogP contribution in [0.1, 0.15) is 68.4 Å². The quantitative estimate of drug-likeness (QED) is 0.152. The first-order valence-corrected chi connectivity index (χ1v) is 16.6. The molecule has 0 radical (unpaired) electrons. The predicted molar refractivity (Wildman–Crippen MR) is 202 cm³/mol. The molecule has 0 bridgehead atoms. The summed E-state index contributed by atoms with van der Waals surface area (Å²) in [5.74, 6) is 0. The van der Waals surface area contributed by atoms with Crippen LogP contribution in [-0.2, 0) is 5.41 Å². The second kappa shape index (κ2) is 12.9. The van der Waals surface area contributed by atoms with Crippen LogP contribution in [0.2, 0.25) is 0 Å². The molecule has 0 N–H and O–H groups in total. The number of benzene rings is 5. The highest BCUT2D eigenvalue weighted by Crippen LogP contribution is 2.51. The van der Waals surface area contributed by atoms with E-state index in [0.717, 1.165) is 12.8 Å². The molecule has 5 aromatic carbocycles. The Morgan fingerprint density at radius 2 is 1.46 bits per heavy atom. The molecule has 0 saturated heterocycles. The Morgan fingerprint density at radius 3 is 2.20 bits per heavy atom.